The molecule has 1 N–H and O–H groups in total. The van der Waals surface area contributed by atoms with Gasteiger partial charge in [0.15, 0.2) is 0 Å². The molecule has 0 fully saturated rings. The Hall–Kier alpha value is -0.910. The number of nitrogens with one attached hydrogen (secondary N) is 1. The Morgan fingerprint density at radius 1 is 1.37 bits per heavy atom. The van der Waals surface area contributed by atoms with Gasteiger partial charge in [0.25, 0.3) is 0 Å². The minimum Gasteiger partial charge on any atom is -0.488 e. The zero-order valence-corrected chi connectivity index (χ0v) is 12.6. The minimum atomic E-state index is -0.195. The highest BCUT2D eigenvalue weighted by atomic mass is 79.9. The fraction of sp³-hybridized carbons (Fsp3) is 0.286. The van der Waals surface area contributed by atoms with E-state index in [1.807, 2.05) is 6.07 Å². The molecule has 2 heterocycles. The lowest BCUT2D eigenvalue weighted by molar-refractivity contribution is 0.227. The van der Waals surface area contributed by atoms with Gasteiger partial charge in [-0.05, 0) is 46.3 Å². The van der Waals surface area contributed by atoms with Crippen LogP contribution in [-0.4, -0.2) is 12.6 Å². The molecule has 1 aliphatic heterocycles. The highest BCUT2D eigenvalue weighted by Gasteiger charge is 2.22. The van der Waals surface area contributed by atoms with Gasteiger partial charge in [-0.3, -0.25) is 0 Å². The molecular formula is C14H13BrFNOS. The average molecular weight is 342 g/mol. The molecule has 100 valence electrons. The molecule has 2 aromatic rings. The summed E-state index contributed by atoms with van der Waals surface area (Å²) in [5, 5.41) is 3.38. The van der Waals surface area contributed by atoms with Crippen LogP contribution in [0.3, 0.4) is 0 Å². The Morgan fingerprint density at radius 3 is 3.05 bits per heavy atom. The molecule has 2 nitrogen and oxygen atoms in total. The van der Waals surface area contributed by atoms with Crippen LogP contribution in [0.1, 0.15) is 10.4 Å². The van der Waals surface area contributed by atoms with E-state index in [2.05, 4.69) is 27.3 Å². The molecule has 0 radical (unpaired) electrons. The van der Waals surface area contributed by atoms with E-state index in [1.165, 1.54) is 10.9 Å². The molecule has 5 heteroatoms. The monoisotopic (exact) mass is 341 g/mol. The molecule has 1 aromatic carbocycles. The van der Waals surface area contributed by atoms with Crippen molar-refractivity contribution in [1.82, 2.24) is 5.32 Å². The Labute approximate surface area is 123 Å². The molecule has 3 rings (SSSR count). The van der Waals surface area contributed by atoms with Crippen LogP contribution in [0.5, 0.6) is 5.75 Å². The maximum Gasteiger partial charge on any atom is 0.123 e. The smallest absolute Gasteiger partial charge is 0.123 e. The lowest BCUT2D eigenvalue weighted by atomic mass is 10.1. The zero-order chi connectivity index (χ0) is 13.2. The van der Waals surface area contributed by atoms with Crippen LogP contribution < -0.4 is 10.1 Å². The highest BCUT2D eigenvalue weighted by Crippen LogP contribution is 2.29. The molecule has 1 unspecified atom stereocenters. The first kappa shape index (κ1) is 13.1. The van der Waals surface area contributed by atoms with Gasteiger partial charge in [-0.1, -0.05) is 0 Å². The normalized spacial score (nSPS) is 17.3. The highest BCUT2D eigenvalue weighted by molar-refractivity contribution is 9.11. The maximum atomic E-state index is 13.1. The maximum absolute atomic E-state index is 13.1. The van der Waals surface area contributed by atoms with E-state index in [0.717, 1.165) is 34.6 Å². The number of thiophene rings is 1. The molecule has 0 amide bonds. The van der Waals surface area contributed by atoms with Crippen molar-refractivity contribution in [2.24, 2.45) is 0 Å². The summed E-state index contributed by atoms with van der Waals surface area (Å²) in [4.78, 5) is 1.29. The fourth-order valence-electron chi connectivity index (χ4n) is 2.21. The number of hydrogen-bond donors (Lipinski definition) is 1. The third kappa shape index (κ3) is 3.16. The first-order chi connectivity index (χ1) is 9.20. The minimum absolute atomic E-state index is 0.0974. The molecule has 0 saturated carbocycles. The molecule has 1 aliphatic rings. The van der Waals surface area contributed by atoms with Crippen LogP contribution in [0.4, 0.5) is 4.39 Å². The van der Waals surface area contributed by atoms with Crippen molar-refractivity contribution in [3.05, 3.63) is 50.4 Å². The van der Waals surface area contributed by atoms with Gasteiger partial charge >= 0.3 is 0 Å². The van der Waals surface area contributed by atoms with Gasteiger partial charge in [-0.25, -0.2) is 4.39 Å². The summed E-state index contributed by atoms with van der Waals surface area (Å²) in [5.74, 6) is 0.617. The van der Waals surface area contributed by atoms with E-state index < -0.39 is 0 Å². The van der Waals surface area contributed by atoms with Crippen LogP contribution in [0.25, 0.3) is 0 Å². The van der Waals surface area contributed by atoms with Crippen LogP contribution in [0, 0.1) is 5.82 Å². The van der Waals surface area contributed by atoms with Gasteiger partial charge in [0, 0.05) is 30.0 Å². The van der Waals surface area contributed by atoms with Gasteiger partial charge in [0.2, 0.25) is 0 Å². The third-order valence-electron chi connectivity index (χ3n) is 3.06. The topological polar surface area (TPSA) is 21.3 Å². The van der Waals surface area contributed by atoms with Gasteiger partial charge in [0.1, 0.15) is 17.7 Å². The molecule has 0 saturated heterocycles. The average Bonchev–Trinajstić information content (AvgIpc) is 2.95. The summed E-state index contributed by atoms with van der Waals surface area (Å²) in [6, 6.07) is 8.86. The summed E-state index contributed by atoms with van der Waals surface area (Å²) >= 11 is 5.17. The molecule has 1 aromatic heterocycles. The zero-order valence-electron chi connectivity index (χ0n) is 10.2. The lowest BCUT2D eigenvalue weighted by Gasteiger charge is -2.11. The van der Waals surface area contributed by atoms with Crippen molar-refractivity contribution in [1.29, 1.82) is 0 Å². The van der Waals surface area contributed by atoms with Crippen molar-refractivity contribution in [2.45, 2.75) is 19.1 Å². The molecule has 0 aliphatic carbocycles. The third-order valence-corrected chi connectivity index (χ3v) is 4.69. The van der Waals surface area contributed by atoms with E-state index in [9.17, 15) is 4.39 Å². The predicted molar refractivity (Wildman–Crippen MR) is 78.2 cm³/mol. The van der Waals surface area contributed by atoms with Gasteiger partial charge < -0.3 is 10.1 Å². The summed E-state index contributed by atoms with van der Waals surface area (Å²) < 4.78 is 20.0. The Kier molecular flexibility index (Phi) is 3.86. The van der Waals surface area contributed by atoms with Crippen LogP contribution >= 0.6 is 27.3 Å². The number of rotatable bonds is 4. The first-order valence-corrected chi connectivity index (χ1v) is 7.71. The molecule has 19 heavy (non-hydrogen) atoms. The molecule has 1 atom stereocenters. The quantitative estimate of drug-likeness (QED) is 0.914. The van der Waals surface area contributed by atoms with Crippen molar-refractivity contribution in [3.63, 3.8) is 0 Å². The standard InChI is InChI=1S/C14H13BrFNOS/c15-14-4-2-12(19-14)8-17-7-11-6-9-5-10(16)1-3-13(9)18-11/h1-5,11,17H,6-8H2. The van der Waals surface area contributed by atoms with Crippen LogP contribution in [0.2, 0.25) is 0 Å². The Balaban J connectivity index is 1.51. The summed E-state index contributed by atoms with van der Waals surface area (Å²) in [5.41, 5.74) is 0.964. The second-order valence-corrected chi connectivity index (χ2v) is 7.08. The SMILES string of the molecule is Fc1ccc2c(c1)CC(CNCc1ccc(Br)s1)O2. The predicted octanol–water partition coefficient (Wildman–Crippen LogP) is 3.74. The van der Waals surface area contributed by atoms with E-state index >= 15 is 0 Å². The lowest BCUT2D eigenvalue weighted by Crippen LogP contribution is -2.29. The number of halogens is 2. The fourth-order valence-corrected chi connectivity index (χ4v) is 3.66. The van der Waals surface area contributed by atoms with Crippen molar-refractivity contribution in [2.75, 3.05) is 6.54 Å². The Bertz CT molecular complexity index is 587. The number of benzene rings is 1. The van der Waals surface area contributed by atoms with Crippen molar-refractivity contribution in [3.8, 4) is 5.75 Å². The van der Waals surface area contributed by atoms with Crippen molar-refractivity contribution >= 4 is 27.3 Å². The summed E-state index contributed by atoms with van der Waals surface area (Å²) in [6.07, 6.45) is 0.869. The van der Waals surface area contributed by atoms with Gasteiger partial charge in [-0.2, -0.15) is 0 Å². The summed E-state index contributed by atoms with van der Waals surface area (Å²) in [7, 11) is 0. The van der Waals surface area contributed by atoms with E-state index in [4.69, 9.17) is 4.74 Å². The largest absolute Gasteiger partial charge is 0.488 e. The van der Waals surface area contributed by atoms with E-state index in [0.29, 0.717) is 0 Å². The molecular weight excluding hydrogens is 329 g/mol. The second kappa shape index (κ2) is 5.61. The van der Waals surface area contributed by atoms with Crippen LogP contribution in [0.15, 0.2) is 34.1 Å². The van der Waals surface area contributed by atoms with E-state index in [1.54, 1.807) is 23.5 Å². The number of fused-ring (bicyclic) bond motifs is 1. The summed E-state index contributed by atoms with van der Waals surface area (Å²) in [6.45, 7) is 1.60. The van der Waals surface area contributed by atoms with Crippen LogP contribution in [-0.2, 0) is 13.0 Å². The number of ether oxygens (including phenoxy) is 1. The molecule has 0 spiro atoms. The number of hydrogen-bond acceptors (Lipinski definition) is 3. The Morgan fingerprint density at radius 2 is 2.26 bits per heavy atom. The van der Waals surface area contributed by atoms with E-state index in [-0.39, 0.29) is 11.9 Å². The second-order valence-electron chi connectivity index (χ2n) is 4.53. The van der Waals surface area contributed by atoms with Gasteiger partial charge in [-0.15, -0.1) is 11.3 Å². The molecule has 0 bridgehead atoms. The van der Waals surface area contributed by atoms with Gasteiger partial charge in [0.05, 0.1) is 3.79 Å². The van der Waals surface area contributed by atoms with Crippen molar-refractivity contribution < 1.29 is 9.13 Å². The first-order valence-electron chi connectivity index (χ1n) is 6.11.